The number of nitrogens with one attached hydrogen (secondary N) is 1. The number of pyridine rings is 1. The van der Waals surface area contributed by atoms with Crippen LogP contribution >= 0.6 is 11.8 Å². The van der Waals surface area contributed by atoms with Crippen LogP contribution in [0.3, 0.4) is 0 Å². The van der Waals surface area contributed by atoms with Crippen molar-refractivity contribution in [3.05, 3.63) is 48.8 Å². The van der Waals surface area contributed by atoms with Gasteiger partial charge in [-0.2, -0.15) is 4.31 Å². The Morgan fingerprint density at radius 2 is 1.84 bits per heavy atom. The Labute approximate surface area is 190 Å². The number of hydrogen-bond acceptors (Lipinski definition) is 8. The Bertz CT molecular complexity index is 1180. The van der Waals surface area contributed by atoms with Crippen molar-refractivity contribution in [2.45, 2.75) is 29.3 Å². The Morgan fingerprint density at radius 1 is 1.09 bits per heavy atom. The van der Waals surface area contributed by atoms with Crippen LogP contribution in [0.25, 0.3) is 11.4 Å². The van der Waals surface area contributed by atoms with Crippen LogP contribution in [0.4, 0.5) is 5.69 Å². The van der Waals surface area contributed by atoms with Gasteiger partial charge in [0, 0.05) is 36.7 Å². The highest BCUT2D eigenvalue weighted by molar-refractivity contribution is 7.99. The molecule has 3 N–H and O–H groups in total. The summed E-state index contributed by atoms with van der Waals surface area (Å²) in [5.74, 6) is 6.29. The molecule has 10 nitrogen and oxygen atoms in total. The third kappa shape index (κ3) is 4.92. The molecule has 0 atom stereocenters. The van der Waals surface area contributed by atoms with E-state index in [0.29, 0.717) is 29.8 Å². The number of nitrogens with zero attached hydrogens (tertiary/aromatic N) is 5. The predicted molar refractivity (Wildman–Crippen MR) is 122 cm³/mol. The lowest BCUT2D eigenvalue weighted by atomic mass is 10.2. The number of hydrogen-bond donors (Lipinski definition) is 2. The summed E-state index contributed by atoms with van der Waals surface area (Å²) in [5.41, 5.74) is 1.23. The number of piperidine rings is 1. The number of anilines is 1. The summed E-state index contributed by atoms with van der Waals surface area (Å²) in [6.45, 7) is 1.10. The summed E-state index contributed by atoms with van der Waals surface area (Å²) >= 11 is 1.15. The number of carbonyl (C=O) groups excluding carboxylic acids is 1. The van der Waals surface area contributed by atoms with Crippen molar-refractivity contribution >= 4 is 33.4 Å². The highest BCUT2D eigenvalue weighted by atomic mass is 32.2. The zero-order valence-electron chi connectivity index (χ0n) is 17.2. The number of amides is 1. The minimum atomic E-state index is -3.50. The first-order chi connectivity index (χ1) is 15.4. The van der Waals surface area contributed by atoms with Crippen molar-refractivity contribution in [2.24, 2.45) is 0 Å². The van der Waals surface area contributed by atoms with Gasteiger partial charge in [0.15, 0.2) is 5.82 Å². The summed E-state index contributed by atoms with van der Waals surface area (Å²) in [4.78, 5) is 16.6. The quantitative estimate of drug-likeness (QED) is 0.393. The van der Waals surface area contributed by atoms with Crippen LogP contribution in [0.15, 0.2) is 58.8 Å². The van der Waals surface area contributed by atoms with E-state index in [4.69, 9.17) is 5.84 Å². The second-order valence-electron chi connectivity index (χ2n) is 7.24. The third-order valence-electron chi connectivity index (χ3n) is 5.01. The highest BCUT2D eigenvalue weighted by Crippen LogP contribution is 2.23. The van der Waals surface area contributed by atoms with Crippen LogP contribution < -0.4 is 11.2 Å². The number of nitrogen functional groups attached to an aromatic ring is 1. The molecule has 3 aromatic rings. The van der Waals surface area contributed by atoms with Crippen molar-refractivity contribution in [1.82, 2.24) is 24.2 Å². The van der Waals surface area contributed by atoms with Crippen molar-refractivity contribution < 1.29 is 13.2 Å². The van der Waals surface area contributed by atoms with Crippen LogP contribution in [0, 0.1) is 0 Å². The molecule has 1 amide bonds. The van der Waals surface area contributed by atoms with E-state index in [0.717, 1.165) is 36.6 Å². The first kappa shape index (κ1) is 22.2. The number of carbonyl (C=O) groups is 1. The molecule has 1 aliphatic heterocycles. The van der Waals surface area contributed by atoms with E-state index in [1.807, 2.05) is 6.07 Å². The molecule has 1 aromatic carbocycles. The van der Waals surface area contributed by atoms with E-state index in [-0.39, 0.29) is 16.6 Å². The number of rotatable bonds is 7. The second kappa shape index (κ2) is 9.67. The summed E-state index contributed by atoms with van der Waals surface area (Å²) in [6, 6.07) is 9.80. The first-order valence-corrected chi connectivity index (χ1v) is 12.5. The van der Waals surface area contributed by atoms with Gasteiger partial charge in [0.25, 0.3) is 0 Å². The molecule has 0 unspecified atom stereocenters. The maximum atomic E-state index is 12.7. The first-order valence-electron chi connectivity index (χ1n) is 10.1. The molecular formula is C20H23N7O3S2. The van der Waals surface area contributed by atoms with E-state index in [1.54, 1.807) is 30.6 Å². The maximum absolute atomic E-state index is 12.7. The largest absolute Gasteiger partial charge is 0.335 e. The smallest absolute Gasteiger partial charge is 0.243 e. The Hall–Kier alpha value is -2.96. The predicted octanol–water partition coefficient (Wildman–Crippen LogP) is 1.96. The topological polar surface area (TPSA) is 136 Å². The van der Waals surface area contributed by atoms with E-state index in [1.165, 1.54) is 21.1 Å². The van der Waals surface area contributed by atoms with E-state index < -0.39 is 10.0 Å². The van der Waals surface area contributed by atoms with E-state index in [9.17, 15) is 13.2 Å². The molecule has 1 saturated heterocycles. The van der Waals surface area contributed by atoms with Gasteiger partial charge in [0.05, 0.1) is 10.6 Å². The van der Waals surface area contributed by atoms with Crippen molar-refractivity contribution in [3.8, 4) is 11.4 Å². The van der Waals surface area contributed by atoms with Crippen LogP contribution in [-0.4, -0.2) is 57.3 Å². The summed E-state index contributed by atoms with van der Waals surface area (Å²) in [6.07, 6.45) is 6.09. The molecule has 32 heavy (non-hydrogen) atoms. The normalized spacial score (nSPS) is 14.9. The molecule has 3 heterocycles. The van der Waals surface area contributed by atoms with Gasteiger partial charge in [0.1, 0.15) is 0 Å². The Kier molecular flexibility index (Phi) is 6.72. The van der Waals surface area contributed by atoms with E-state index >= 15 is 0 Å². The average Bonchev–Trinajstić information content (AvgIpc) is 3.19. The van der Waals surface area contributed by atoms with Crippen molar-refractivity contribution in [3.63, 3.8) is 0 Å². The number of nitrogens with two attached hydrogens (primary N) is 1. The van der Waals surface area contributed by atoms with Gasteiger partial charge in [0.2, 0.25) is 21.1 Å². The molecule has 0 saturated carbocycles. The number of aromatic nitrogens is 4. The molecule has 168 valence electrons. The summed E-state index contributed by atoms with van der Waals surface area (Å²) in [7, 11) is -3.50. The van der Waals surface area contributed by atoms with E-state index in [2.05, 4.69) is 20.5 Å². The standard InChI is InChI=1S/C20H23N7O3S2/c21-27-19(15-5-4-10-22-13-15)24-25-20(27)31-14-18(28)23-16-6-8-17(9-7-16)32(29,30)26-11-2-1-3-12-26/h4-10,13H,1-3,11-12,14,21H2,(H,23,28). The van der Waals surface area contributed by atoms with Crippen molar-refractivity contribution in [1.29, 1.82) is 0 Å². The van der Waals surface area contributed by atoms with Gasteiger partial charge < -0.3 is 11.2 Å². The second-order valence-corrected chi connectivity index (χ2v) is 10.1. The van der Waals surface area contributed by atoms with Gasteiger partial charge in [-0.25, -0.2) is 13.1 Å². The molecular weight excluding hydrogens is 450 g/mol. The molecule has 0 bridgehead atoms. The third-order valence-corrected chi connectivity index (χ3v) is 7.86. The fraction of sp³-hybridized carbons (Fsp3) is 0.300. The monoisotopic (exact) mass is 473 g/mol. The van der Waals surface area contributed by atoms with Gasteiger partial charge in [-0.05, 0) is 49.2 Å². The Balaban J connectivity index is 1.34. The molecule has 4 rings (SSSR count). The molecule has 12 heteroatoms. The van der Waals surface area contributed by atoms with Gasteiger partial charge >= 0.3 is 0 Å². The van der Waals surface area contributed by atoms with Crippen LogP contribution in [0.1, 0.15) is 19.3 Å². The average molecular weight is 474 g/mol. The summed E-state index contributed by atoms with van der Waals surface area (Å²) < 4.78 is 28.3. The summed E-state index contributed by atoms with van der Waals surface area (Å²) in [5, 5.41) is 11.2. The number of benzene rings is 1. The minimum Gasteiger partial charge on any atom is -0.335 e. The van der Waals surface area contributed by atoms with Crippen LogP contribution in [0.2, 0.25) is 0 Å². The zero-order chi connectivity index (χ0) is 22.6. The lowest BCUT2D eigenvalue weighted by Gasteiger charge is -2.25. The molecule has 0 aliphatic carbocycles. The van der Waals surface area contributed by atoms with Crippen LogP contribution in [0.5, 0.6) is 0 Å². The maximum Gasteiger partial charge on any atom is 0.243 e. The highest BCUT2D eigenvalue weighted by Gasteiger charge is 2.25. The lowest BCUT2D eigenvalue weighted by Crippen LogP contribution is -2.35. The number of sulfonamides is 1. The Morgan fingerprint density at radius 3 is 2.53 bits per heavy atom. The van der Waals surface area contributed by atoms with Crippen LogP contribution in [-0.2, 0) is 14.8 Å². The molecule has 1 fully saturated rings. The fourth-order valence-corrected chi connectivity index (χ4v) is 5.53. The minimum absolute atomic E-state index is 0.0657. The molecule has 0 spiro atoms. The zero-order valence-corrected chi connectivity index (χ0v) is 18.8. The molecule has 2 aromatic heterocycles. The van der Waals surface area contributed by atoms with Crippen molar-refractivity contribution in [2.75, 3.05) is 30.0 Å². The lowest BCUT2D eigenvalue weighted by molar-refractivity contribution is -0.113. The SMILES string of the molecule is Nn1c(SCC(=O)Nc2ccc(S(=O)(=O)N3CCCCC3)cc2)nnc1-c1cccnc1. The molecule has 0 radical (unpaired) electrons. The van der Waals surface area contributed by atoms with Gasteiger partial charge in [-0.15, -0.1) is 10.2 Å². The fourth-order valence-electron chi connectivity index (χ4n) is 3.36. The molecule has 1 aliphatic rings. The van der Waals surface area contributed by atoms with Gasteiger partial charge in [-0.1, -0.05) is 18.2 Å². The number of thioether (sulfide) groups is 1. The van der Waals surface area contributed by atoms with Gasteiger partial charge in [-0.3, -0.25) is 9.78 Å².